The number of ether oxygens (including phenoxy) is 2. The minimum absolute atomic E-state index is 0.377. The van der Waals surface area contributed by atoms with Crippen molar-refractivity contribution in [2.75, 3.05) is 7.11 Å². The number of rotatable bonds is 5. The summed E-state index contributed by atoms with van der Waals surface area (Å²) >= 11 is 0. The molecule has 1 aromatic heterocycles. The average Bonchev–Trinajstić information content (AvgIpc) is 2.51. The van der Waals surface area contributed by atoms with Gasteiger partial charge in [0.25, 0.3) is 0 Å². The Morgan fingerprint density at radius 3 is 2.76 bits per heavy atom. The van der Waals surface area contributed by atoms with E-state index in [0.717, 1.165) is 11.1 Å². The summed E-state index contributed by atoms with van der Waals surface area (Å²) in [6, 6.07) is 13.2. The number of carbonyl (C=O) groups is 1. The summed E-state index contributed by atoms with van der Waals surface area (Å²) in [7, 11) is 1.33. The smallest absolute Gasteiger partial charge is 0.351 e. The van der Waals surface area contributed by atoms with E-state index < -0.39 is 12.1 Å². The third kappa shape index (κ3) is 4.45. The first-order chi connectivity index (χ1) is 10.2. The highest BCUT2D eigenvalue weighted by atomic mass is 16.6. The summed E-state index contributed by atoms with van der Waals surface area (Å²) in [6.07, 6.45) is 4.27. The lowest BCUT2D eigenvalue weighted by molar-refractivity contribution is -0.146. The van der Waals surface area contributed by atoms with Gasteiger partial charge >= 0.3 is 5.97 Å². The maximum absolute atomic E-state index is 11.8. The molecule has 4 heteroatoms. The van der Waals surface area contributed by atoms with Crippen molar-refractivity contribution in [2.45, 2.75) is 13.0 Å². The molecule has 0 aliphatic rings. The lowest BCUT2D eigenvalue weighted by atomic mass is 10.1. The van der Waals surface area contributed by atoms with Gasteiger partial charge in [0, 0.05) is 12.3 Å². The quantitative estimate of drug-likeness (QED) is 0.791. The summed E-state index contributed by atoms with van der Waals surface area (Å²) in [5, 5.41) is 0. The highest BCUT2D eigenvalue weighted by Crippen LogP contribution is 2.11. The molecule has 108 valence electrons. The second kappa shape index (κ2) is 7.24. The molecule has 1 heterocycles. The fraction of sp³-hybridized carbons (Fsp3) is 0.176. The third-order valence-electron chi connectivity index (χ3n) is 2.82. The van der Waals surface area contributed by atoms with E-state index in [1.54, 1.807) is 30.5 Å². The Morgan fingerprint density at radius 1 is 1.24 bits per heavy atom. The van der Waals surface area contributed by atoms with Crippen molar-refractivity contribution in [1.29, 1.82) is 0 Å². The normalized spacial score (nSPS) is 12.1. The number of hydrogen-bond donors (Lipinski definition) is 0. The number of benzene rings is 1. The molecule has 0 spiro atoms. The van der Waals surface area contributed by atoms with Crippen LogP contribution in [0.25, 0.3) is 6.08 Å². The minimum atomic E-state index is -0.828. The predicted octanol–water partition coefficient (Wildman–Crippen LogP) is 3.02. The Hall–Kier alpha value is -2.62. The van der Waals surface area contributed by atoms with Crippen molar-refractivity contribution in [3.63, 3.8) is 0 Å². The van der Waals surface area contributed by atoms with Crippen molar-refractivity contribution < 1.29 is 14.3 Å². The Morgan fingerprint density at radius 2 is 2.10 bits per heavy atom. The lowest BCUT2D eigenvalue weighted by Crippen LogP contribution is -2.26. The first-order valence-corrected chi connectivity index (χ1v) is 6.59. The highest BCUT2D eigenvalue weighted by Gasteiger charge is 2.18. The summed E-state index contributed by atoms with van der Waals surface area (Å²) in [4.78, 5) is 15.8. The number of aryl methyl sites for hydroxylation is 1. The molecule has 0 fully saturated rings. The molecule has 0 radical (unpaired) electrons. The Bertz CT molecular complexity index is 623. The first-order valence-electron chi connectivity index (χ1n) is 6.59. The second-order valence-corrected chi connectivity index (χ2v) is 4.50. The summed E-state index contributed by atoms with van der Waals surface area (Å²) in [5.74, 6) is -0.0913. The number of methoxy groups -OCH3 is 1. The molecule has 1 unspecified atom stereocenters. The zero-order valence-electron chi connectivity index (χ0n) is 12.0. The average molecular weight is 283 g/mol. The van der Waals surface area contributed by atoms with E-state index in [1.165, 1.54) is 7.11 Å². The standard InChI is InChI=1S/C17H17NO3/c1-13-6-5-7-14(12-13)9-10-15(17(19)20-2)21-16-8-3-4-11-18-16/h3-12,15H,1-2H3/b10-9+. The summed E-state index contributed by atoms with van der Waals surface area (Å²) in [5.41, 5.74) is 2.14. The molecule has 0 bridgehead atoms. The van der Waals surface area contributed by atoms with Crippen LogP contribution in [-0.2, 0) is 9.53 Å². The fourth-order valence-corrected chi connectivity index (χ4v) is 1.80. The van der Waals surface area contributed by atoms with E-state index in [2.05, 4.69) is 4.98 Å². The molecular weight excluding hydrogens is 266 g/mol. The SMILES string of the molecule is COC(=O)C(/C=C/c1cccc(C)c1)Oc1ccccn1. The molecule has 0 saturated carbocycles. The molecule has 0 N–H and O–H groups in total. The monoisotopic (exact) mass is 283 g/mol. The molecule has 1 atom stereocenters. The van der Waals surface area contributed by atoms with Crippen LogP contribution in [-0.4, -0.2) is 24.2 Å². The lowest BCUT2D eigenvalue weighted by Gasteiger charge is -2.12. The summed E-state index contributed by atoms with van der Waals surface area (Å²) < 4.78 is 10.3. The largest absolute Gasteiger partial charge is 0.466 e. The van der Waals surface area contributed by atoms with Gasteiger partial charge in [0.1, 0.15) is 0 Å². The molecule has 0 amide bonds. The van der Waals surface area contributed by atoms with Crippen LogP contribution in [0.2, 0.25) is 0 Å². The van der Waals surface area contributed by atoms with Crippen LogP contribution >= 0.6 is 0 Å². The van der Waals surface area contributed by atoms with Gasteiger partial charge < -0.3 is 9.47 Å². The van der Waals surface area contributed by atoms with Crippen LogP contribution in [0, 0.1) is 6.92 Å². The van der Waals surface area contributed by atoms with Crippen molar-refractivity contribution in [2.24, 2.45) is 0 Å². The highest BCUT2D eigenvalue weighted by molar-refractivity contribution is 5.78. The van der Waals surface area contributed by atoms with Gasteiger partial charge in [-0.25, -0.2) is 9.78 Å². The van der Waals surface area contributed by atoms with Gasteiger partial charge in [0.15, 0.2) is 0 Å². The Kier molecular flexibility index (Phi) is 5.10. The number of carbonyl (C=O) groups excluding carboxylic acids is 1. The molecular formula is C17H17NO3. The second-order valence-electron chi connectivity index (χ2n) is 4.50. The van der Waals surface area contributed by atoms with Gasteiger partial charge in [-0.1, -0.05) is 42.0 Å². The van der Waals surface area contributed by atoms with Crippen LogP contribution in [0.5, 0.6) is 5.88 Å². The Balaban J connectivity index is 2.15. The maximum atomic E-state index is 11.8. The molecule has 21 heavy (non-hydrogen) atoms. The van der Waals surface area contributed by atoms with E-state index in [0.29, 0.717) is 5.88 Å². The zero-order chi connectivity index (χ0) is 15.1. The summed E-state index contributed by atoms with van der Waals surface area (Å²) in [6.45, 7) is 2.01. The molecule has 1 aromatic carbocycles. The van der Waals surface area contributed by atoms with E-state index in [9.17, 15) is 4.79 Å². The Labute approximate surface area is 124 Å². The van der Waals surface area contributed by atoms with Gasteiger partial charge in [-0.05, 0) is 24.6 Å². The number of aromatic nitrogens is 1. The molecule has 0 aliphatic carbocycles. The zero-order valence-corrected chi connectivity index (χ0v) is 12.0. The van der Waals surface area contributed by atoms with Crippen LogP contribution in [0.3, 0.4) is 0 Å². The van der Waals surface area contributed by atoms with Crippen molar-refractivity contribution in [1.82, 2.24) is 4.98 Å². The molecule has 0 saturated heterocycles. The van der Waals surface area contributed by atoms with Gasteiger partial charge in [0.05, 0.1) is 7.11 Å². The topological polar surface area (TPSA) is 48.4 Å². The van der Waals surface area contributed by atoms with Crippen molar-refractivity contribution >= 4 is 12.0 Å². The molecule has 4 nitrogen and oxygen atoms in total. The van der Waals surface area contributed by atoms with E-state index in [4.69, 9.17) is 9.47 Å². The van der Waals surface area contributed by atoms with Crippen LogP contribution < -0.4 is 4.74 Å². The fourth-order valence-electron chi connectivity index (χ4n) is 1.80. The molecule has 0 aliphatic heterocycles. The number of hydrogen-bond acceptors (Lipinski definition) is 4. The van der Waals surface area contributed by atoms with E-state index >= 15 is 0 Å². The van der Waals surface area contributed by atoms with Crippen LogP contribution in [0.15, 0.2) is 54.7 Å². The van der Waals surface area contributed by atoms with Gasteiger partial charge in [-0.3, -0.25) is 0 Å². The van der Waals surface area contributed by atoms with Crippen LogP contribution in [0.4, 0.5) is 0 Å². The number of esters is 1. The number of pyridine rings is 1. The minimum Gasteiger partial charge on any atom is -0.466 e. The molecule has 2 rings (SSSR count). The van der Waals surface area contributed by atoms with Crippen molar-refractivity contribution in [3.8, 4) is 5.88 Å². The van der Waals surface area contributed by atoms with Gasteiger partial charge in [-0.2, -0.15) is 0 Å². The van der Waals surface area contributed by atoms with E-state index in [1.807, 2.05) is 37.3 Å². The van der Waals surface area contributed by atoms with Gasteiger partial charge in [-0.15, -0.1) is 0 Å². The van der Waals surface area contributed by atoms with Crippen molar-refractivity contribution in [3.05, 3.63) is 65.9 Å². The number of nitrogens with zero attached hydrogens (tertiary/aromatic N) is 1. The predicted molar refractivity (Wildman–Crippen MR) is 80.9 cm³/mol. The maximum Gasteiger partial charge on any atom is 0.351 e. The van der Waals surface area contributed by atoms with Gasteiger partial charge in [0.2, 0.25) is 12.0 Å². The van der Waals surface area contributed by atoms with E-state index in [-0.39, 0.29) is 0 Å². The third-order valence-corrected chi connectivity index (χ3v) is 2.82. The first kappa shape index (κ1) is 14.8. The molecule has 2 aromatic rings. The van der Waals surface area contributed by atoms with Crippen LogP contribution in [0.1, 0.15) is 11.1 Å².